The predicted octanol–water partition coefficient (Wildman–Crippen LogP) is 4.38. The van der Waals surface area contributed by atoms with Crippen molar-refractivity contribution in [3.05, 3.63) is 81.9 Å². The van der Waals surface area contributed by atoms with Crippen molar-refractivity contribution in [3.63, 3.8) is 0 Å². The lowest BCUT2D eigenvalue weighted by atomic mass is 9.86. The van der Waals surface area contributed by atoms with E-state index in [1.807, 2.05) is 38.4 Å². The van der Waals surface area contributed by atoms with E-state index in [0.717, 1.165) is 17.0 Å². The first-order valence-electron chi connectivity index (χ1n) is 10.9. The lowest BCUT2D eigenvalue weighted by Gasteiger charge is -2.20. The molecule has 9 heteroatoms. The highest BCUT2D eigenvalue weighted by atomic mass is 19.1. The van der Waals surface area contributed by atoms with Crippen LogP contribution in [0.5, 0.6) is 0 Å². The smallest absolute Gasteiger partial charge is 0.251 e. The van der Waals surface area contributed by atoms with Gasteiger partial charge in [-0.25, -0.2) is 13.2 Å². The molecule has 178 valence electrons. The van der Waals surface area contributed by atoms with Crippen molar-refractivity contribution in [2.45, 2.75) is 52.7 Å². The number of aryl methyl sites for hydroxylation is 2. The number of aromatic nitrogens is 2. The Hall–Kier alpha value is -3.62. The number of hydrogen-bond acceptors (Lipinski definition) is 3. The molecule has 1 N–H and O–H groups in total. The summed E-state index contributed by atoms with van der Waals surface area (Å²) in [5.41, 5.74) is 2.11. The molecule has 3 aromatic rings. The van der Waals surface area contributed by atoms with Gasteiger partial charge in [0.1, 0.15) is 17.5 Å². The third-order valence-electron chi connectivity index (χ3n) is 6.14. The van der Waals surface area contributed by atoms with Gasteiger partial charge in [-0.2, -0.15) is 5.10 Å². The zero-order chi connectivity index (χ0) is 24.8. The monoisotopic (exact) mass is 470 g/mol. The molecule has 2 amide bonds. The second-order valence-electron chi connectivity index (χ2n) is 8.87. The number of fused-ring (bicyclic) bond motifs is 1. The maximum absolute atomic E-state index is 13.9. The number of nitrogens with zero attached hydrogens (tertiary/aromatic N) is 3. The largest absolute Gasteiger partial charge is 0.348 e. The predicted molar refractivity (Wildman–Crippen MR) is 121 cm³/mol. The minimum Gasteiger partial charge on any atom is -0.348 e. The van der Waals surface area contributed by atoms with Crippen LogP contribution in [-0.2, 0) is 29.8 Å². The molecule has 2 heterocycles. The molecule has 0 aliphatic carbocycles. The minimum atomic E-state index is -1.08. The highest BCUT2D eigenvalue weighted by molar-refractivity contribution is 6.08. The van der Waals surface area contributed by atoms with E-state index in [0.29, 0.717) is 30.9 Å². The van der Waals surface area contributed by atoms with Gasteiger partial charge in [0, 0.05) is 42.0 Å². The fraction of sp³-hybridized carbons (Fsp3) is 0.320. The van der Waals surface area contributed by atoms with E-state index in [1.54, 1.807) is 23.1 Å². The van der Waals surface area contributed by atoms with Gasteiger partial charge >= 0.3 is 0 Å². The SMILES string of the molecule is CCn1nc(C)cc1CN1C(=O)C(C)(C)c2ccc(C(=O)NCc3c(F)cc(F)cc3F)cc21. The van der Waals surface area contributed by atoms with E-state index in [9.17, 15) is 22.8 Å². The van der Waals surface area contributed by atoms with Gasteiger partial charge in [0.25, 0.3) is 5.91 Å². The number of anilines is 1. The standard InChI is InChI=1S/C25H25F3N4O2/c1-5-32-17(8-14(2)30-32)13-31-22-9-15(6-7-19(22)25(3,4)24(31)34)23(33)29-12-18-20(27)10-16(26)11-21(18)28/h6-11H,5,12-13H2,1-4H3,(H,29,33). The molecule has 0 spiro atoms. The summed E-state index contributed by atoms with van der Waals surface area (Å²) >= 11 is 0. The molecule has 1 aliphatic heterocycles. The van der Waals surface area contributed by atoms with Crippen LogP contribution in [0.15, 0.2) is 36.4 Å². The van der Waals surface area contributed by atoms with Crippen LogP contribution in [0.25, 0.3) is 0 Å². The fourth-order valence-corrected chi connectivity index (χ4v) is 4.32. The number of benzene rings is 2. The Labute approximate surface area is 195 Å². The Morgan fingerprint density at radius 1 is 1.09 bits per heavy atom. The molecule has 2 aromatic carbocycles. The van der Waals surface area contributed by atoms with Gasteiger partial charge in [-0.3, -0.25) is 14.3 Å². The third-order valence-corrected chi connectivity index (χ3v) is 6.14. The van der Waals surface area contributed by atoms with Crippen molar-refractivity contribution in [3.8, 4) is 0 Å². The van der Waals surface area contributed by atoms with Crippen molar-refractivity contribution >= 4 is 17.5 Å². The van der Waals surface area contributed by atoms with E-state index in [4.69, 9.17) is 0 Å². The number of halogens is 3. The fourth-order valence-electron chi connectivity index (χ4n) is 4.32. The van der Waals surface area contributed by atoms with Gasteiger partial charge < -0.3 is 10.2 Å². The molecule has 6 nitrogen and oxygen atoms in total. The topological polar surface area (TPSA) is 67.2 Å². The first kappa shape index (κ1) is 23.5. The Morgan fingerprint density at radius 3 is 2.41 bits per heavy atom. The summed E-state index contributed by atoms with van der Waals surface area (Å²) in [6.07, 6.45) is 0. The number of hydrogen-bond donors (Lipinski definition) is 1. The van der Waals surface area contributed by atoms with Gasteiger partial charge in [-0.1, -0.05) is 6.07 Å². The summed E-state index contributed by atoms with van der Waals surface area (Å²) in [7, 11) is 0. The number of carbonyl (C=O) groups is 2. The minimum absolute atomic E-state index is 0.1000. The molecule has 1 aliphatic rings. The molecule has 0 unspecified atom stereocenters. The zero-order valence-corrected chi connectivity index (χ0v) is 19.4. The Kier molecular flexibility index (Phi) is 5.97. The zero-order valence-electron chi connectivity index (χ0n) is 19.4. The van der Waals surface area contributed by atoms with Gasteiger partial charge in [-0.15, -0.1) is 0 Å². The number of rotatable bonds is 6. The van der Waals surface area contributed by atoms with Gasteiger partial charge in [0.2, 0.25) is 5.91 Å². The quantitative estimate of drug-likeness (QED) is 0.581. The van der Waals surface area contributed by atoms with Crippen molar-refractivity contribution in [2.75, 3.05) is 4.90 Å². The Balaban J connectivity index is 1.62. The van der Waals surface area contributed by atoms with Crippen molar-refractivity contribution in [1.82, 2.24) is 15.1 Å². The van der Waals surface area contributed by atoms with E-state index in [1.165, 1.54) is 0 Å². The molecule has 0 radical (unpaired) electrons. The molecule has 1 aromatic heterocycles. The summed E-state index contributed by atoms with van der Waals surface area (Å²) in [6.45, 7) is 8.01. The average molecular weight is 470 g/mol. The highest BCUT2D eigenvalue weighted by Crippen LogP contribution is 2.42. The summed E-state index contributed by atoms with van der Waals surface area (Å²) in [4.78, 5) is 27.7. The summed E-state index contributed by atoms with van der Waals surface area (Å²) in [6, 6.07) is 7.95. The van der Waals surface area contributed by atoms with Crippen LogP contribution in [-0.4, -0.2) is 21.6 Å². The summed E-state index contributed by atoms with van der Waals surface area (Å²) < 4.78 is 42.8. The second kappa shape index (κ2) is 8.62. The van der Waals surface area contributed by atoms with Crippen LogP contribution in [0.2, 0.25) is 0 Å². The molecule has 0 bridgehead atoms. The van der Waals surface area contributed by atoms with Crippen LogP contribution in [0.3, 0.4) is 0 Å². The van der Waals surface area contributed by atoms with E-state index >= 15 is 0 Å². The Bertz CT molecular complexity index is 1280. The van der Waals surface area contributed by atoms with Crippen molar-refractivity contribution in [2.24, 2.45) is 0 Å². The van der Waals surface area contributed by atoms with E-state index in [-0.39, 0.29) is 11.5 Å². The average Bonchev–Trinajstić information content (AvgIpc) is 3.22. The van der Waals surface area contributed by atoms with E-state index < -0.39 is 40.9 Å². The van der Waals surface area contributed by atoms with Crippen LogP contribution in [0, 0.1) is 24.4 Å². The first-order chi connectivity index (χ1) is 16.0. The normalized spacial score (nSPS) is 14.4. The Morgan fingerprint density at radius 2 is 1.76 bits per heavy atom. The molecule has 0 fully saturated rings. The summed E-state index contributed by atoms with van der Waals surface area (Å²) in [5.74, 6) is -3.86. The maximum Gasteiger partial charge on any atom is 0.251 e. The number of nitrogens with one attached hydrogen (secondary N) is 1. The molecule has 0 atom stereocenters. The molecular formula is C25H25F3N4O2. The van der Waals surface area contributed by atoms with E-state index in [2.05, 4.69) is 10.4 Å². The molecule has 34 heavy (non-hydrogen) atoms. The van der Waals surface area contributed by atoms with Crippen LogP contribution >= 0.6 is 0 Å². The van der Waals surface area contributed by atoms with Gasteiger partial charge in [-0.05, 0) is 51.5 Å². The molecule has 4 rings (SSSR count). The lowest BCUT2D eigenvalue weighted by molar-refractivity contribution is -0.122. The van der Waals surface area contributed by atoms with Crippen LogP contribution in [0.1, 0.15) is 53.6 Å². The lowest BCUT2D eigenvalue weighted by Crippen LogP contribution is -2.36. The highest BCUT2D eigenvalue weighted by Gasteiger charge is 2.44. The van der Waals surface area contributed by atoms with Crippen molar-refractivity contribution in [1.29, 1.82) is 0 Å². The second-order valence-corrected chi connectivity index (χ2v) is 8.87. The van der Waals surface area contributed by atoms with Gasteiger partial charge in [0.05, 0.1) is 23.3 Å². The molecular weight excluding hydrogens is 445 g/mol. The number of carbonyl (C=O) groups excluding carboxylic acids is 2. The van der Waals surface area contributed by atoms with Crippen LogP contribution < -0.4 is 10.2 Å². The number of amides is 2. The molecule has 0 saturated carbocycles. The van der Waals surface area contributed by atoms with Crippen molar-refractivity contribution < 1.29 is 22.8 Å². The third kappa shape index (κ3) is 4.06. The van der Waals surface area contributed by atoms with Crippen LogP contribution in [0.4, 0.5) is 18.9 Å². The maximum atomic E-state index is 13.9. The van der Waals surface area contributed by atoms with Gasteiger partial charge in [0.15, 0.2) is 0 Å². The first-order valence-corrected chi connectivity index (χ1v) is 10.9. The molecule has 0 saturated heterocycles. The summed E-state index contributed by atoms with van der Waals surface area (Å²) in [5, 5.41) is 6.90.